The summed E-state index contributed by atoms with van der Waals surface area (Å²) in [5.41, 5.74) is 1.67. The lowest BCUT2D eigenvalue weighted by Gasteiger charge is -2.34. The lowest BCUT2D eigenvalue weighted by Crippen LogP contribution is -2.40. The average molecular weight is 462 g/mol. The maximum atomic E-state index is 13.7. The van der Waals surface area contributed by atoms with E-state index in [2.05, 4.69) is 27.7 Å². The van der Waals surface area contributed by atoms with Crippen molar-refractivity contribution in [3.63, 3.8) is 0 Å². The molecule has 0 bridgehead atoms. The number of amides is 1. The van der Waals surface area contributed by atoms with Gasteiger partial charge in [-0.1, -0.05) is 89.4 Å². The Morgan fingerprint density at radius 1 is 0.971 bits per heavy atom. The van der Waals surface area contributed by atoms with E-state index in [-0.39, 0.29) is 17.5 Å². The van der Waals surface area contributed by atoms with E-state index in [1.807, 2.05) is 59.5 Å². The number of nitrogens with zero attached hydrogens (tertiary/aromatic N) is 3. The number of carbonyl (C=O) groups excluding carboxylic acids is 1. The fraction of sp³-hybridized carbons (Fsp3) is 0.483. The van der Waals surface area contributed by atoms with Gasteiger partial charge in [0.1, 0.15) is 5.82 Å². The molecule has 0 saturated carbocycles. The lowest BCUT2D eigenvalue weighted by molar-refractivity contribution is -0.134. The second-order valence-corrected chi connectivity index (χ2v) is 9.54. The van der Waals surface area contributed by atoms with E-state index in [0.29, 0.717) is 48.6 Å². The van der Waals surface area contributed by atoms with Crippen molar-refractivity contribution in [3.05, 3.63) is 76.3 Å². The van der Waals surface area contributed by atoms with Crippen LogP contribution in [-0.4, -0.2) is 26.9 Å². The van der Waals surface area contributed by atoms with E-state index in [9.17, 15) is 9.59 Å². The minimum atomic E-state index is -0.248. The Bertz CT molecular complexity index is 1120. The maximum Gasteiger partial charge on any atom is 0.261 e. The Hall–Kier alpha value is -2.95. The Morgan fingerprint density at radius 2 is 1.68 bits per heavy atom. The third-order valence-electron chi connectivity index (χ3n) is 6.26. The van der Waals surface area contributed by atoms with Crippen LogP contribution < -0.4 is 5.56 Å². The largest absolute Gasteiger partial charge is 0.332 e. The molecule has 0 saturated heterocycles. The van der Waals surface area contributed by atoms with Gasteiger partial charge in [-0.3, -0.25) is 14.2 Å². The summed E-state index contributed by atoms with van der Waals surface area (Å²) in [7, 11) is 0. The first kappa shape index (κ1) is 25.7. The molecule has 1 amide bonds. The van der Waals surface area contributed by atoms with Gasteiger partial charge in [-0.05, 0) is 36.5 Å². The fourth-order valence-electron chi connectivity index (χ4n) is 4.54. The van der Waals surface area contributed by atoms with Crippen LogP contribution in [0.2, 0.25) is 0 Å². The number of rotatable bonds is 12. The number of carbonyl (C=O) groups is 1. The third-order valence-corrected chi connectivity index (χ3v) is 6.26. The van der Waals surface area contributed by atoms with Crippen LogP contribution in [0.5, 0.6) is 0 Å². The quantitative estimate of drug-likeness (QED) is 0.295. The van der Waals surface area contributed by atoms with E-state index in [1.165, 1.54) is 0 Å². The molecule has 3 aromatic rings. The molecule has 1 heterocycles. The first-order valence-electron chi connectivity index (χ1n) is 12.8. The van der Waals surface area contributed by atoms with Gasteiger partial charge in [-0.25, -0.2) is 4.98 Å². The summed E-state index contributed by atoms with van der Waals surface area (Å²) >= 11 is 0. The number of fused-ring (bicyclic) bond motifs is 1. The van der Waals surface area contributed by atoms with Crippen LogP contribution in [0.15, 0.2) is 59.4 Å². The van der Waals surface area contributed by atoms with Gasteiger partial charge >= 0.3 is 0 Å². The van der Waals surface area contributed by atoms with Gasteiger partial charge in [0.15, 0.2) is 0 Å². The molecule has 0 aliphatic heterocycles. The van der Waals surface area contributed by atoms with Gasteiger partial charge in [0, 0.05) is 13.0 Å². The van der Waals surface area contributed by atoms with E-state index < -0.39 is 0 Å². The lowest BCUT2D eigenvalue weighted by atomic mass is 10.1. The number of unbranched alkanes of at least 4 members (excludes halogenated alkanes) is 3. The van der Waals surface area contributed by atoms with Crippen LogP contribution in [-0.2, 0) is 11.3 Å². The van der Waals surface area contributed by atoms with Crippen molar-refractivity contribution in [2.45, 2.75) is 78.8 Å². The highest BCUT2D eigenvalue weighted by Gasteiger charge is 2.28. The number of benzene rings is 2. The number of hydrogen-bond donors (Lipinski definition) is 0. The molecule has 5 heteroatoms. The topological polar surface area (TPSA) is 55.2 Å². The van der Waals surface area contributed by atoms with E-state index >= 15 is 0 Å². The van der Waals surface area contributed by atoms with E-state index in [0.717, 1.165) is 31.2 Å². The normalized spacial score (nSPS) is 12.3. The highest BCUT2D eigenvalue weighted by atomic mass is 16.2. The van der Waals surface area contributed by atoms with Crippen molar-refractivity contribution in [1.29, 1.82) is 0 Å². The molecule has 0 N–H and O–H groups in total. The Balaban J connectivity index is 2.08. The summed E-state index contributed by atoms with van der Waals surface area (Å²) in [6.07, 6.45) is 5.51. The molecule has 182 valence electrons. The van der Waals surface area contributed by atoms with Crippen LogP contribution in [0.4, 0.5) is 0 Å². The van der Waals surface area contributed by atoms with Crippen LogP contribution in [0.3, 0.4) is 0 Å². The molecule has 1 atom stereocenters. The monoisotopic (exact) mass is 461 g/mol. The molecule has 0 spiro atoms. The molecule has 3 rings (SSSR count). The number of hydrogen-bond acceptors (Lipinski definition) is 3. The zero-order valence-electron chi connectivity index (χ0n) is 21.2. The van der Waals surface area contributed by atoms with Gasteiger partial charge in [-0.15, -0.1) is 0 Å². The second kappa shape index (κ2) is 12.5. The highest BCUT2D eigenvalue weighted by Crippen LogP contribution is 2.27. The number of para-hydroxylation sites is 1. The first-order valence-corrected chi connectivity index (χ1v) is 12.8. The third kappa shape index (κ3) is 6.34. The van der Waals surface area contributed by atoms with Crippen LogP contribution in [0, 0.1) is 5.92 Å². The van der Waals surface area contributed by atoms with Crippen LogP contribution in [0.1, 0.15) is 83.6 Å². The summed E-state index contributed by atoms with van der Waals surface area (Å²) in [5.74, 6) is 1.16. The SMILES string of the molecule is CCCCCCC(=O)N(CC(C)C)C(CC)c1nc2ccccc2c(=O)n1Cc1ccccc1. The summed E-state index contributed by atoms with van der Waals surface area (Å²) in [6.45, 7) is 9.61. The van der Waals surface area contributed by atoms with Crippen molar-refractivity contribution in [1.82, 2.24) is 14.5 Å². The standard InChI is InChI=1S/C29H39N3O2/c1-5-7-8-12-19-27(33)31(20-22(3)4)26(6-2)28-30-25-18-14-13-17-24(25)29(34)32(28)21-23-15-10-9-11-16-23/h9-11,13-18,22,26H,5-8,12,19-21H2,1-4H3. The second-order valence-electron chi connectivity index (χ2n) is 9.54. The van der Waals surface area contributed by atoms with Crippen molar-refractivity contribution in [3.8, 4) is 0 Å². The molecule has 1 unspecified atom stereocenters. The molecular weight excluding hydrogens is 422 g/mol. The molecule has 0 fully saturated rings. The van der Waals surface area contributed by atoms with Gasteiger partial charge in [-0.2, -0.15) is 0 Å². The molecule has 5 nitrogen and oxygen atoms in total. The van der Waals surface area contributed by atoms with Crippen molar-refractivity contribution < 1.29 is 4.79 Å². The highest BCUT2D eigenvalue weighted by molar-refractivity contribution is 5.78. The number of aromatic nitrogens is 2. The zero-order valence-corrected chi connectivity index (χ0v) is 21.2. The minimum Gasteiger partial charge on any atom is -0.332 e. The Labute approximate surface area is 203 Å². The van der Waals surface area contributed by atoms with Crippen molar-refractivity contribution in [2.75, 3.05) is 6.54 Å². The Morgan fingerprint density at radius 3 is 2.35 bits per heavy atom. The first-order chi connectivity index (χ1) is 16.5. The molecule has 34 heavy (non-hydrogen) atoms. The Kier molecular flexibility index (Phi) is 9.43. The van der Waals surface area contributed by atoms with Crippen LogP contribution in [0.25, 0.3) is 10.9 Å². The van der Waals surface area contributed by atoms with Crippen LogP contribution >= 0.6 is 0 Å². The zero-order chi connectivity index (χ0) is 24.5. The van der Waals surface area contributed by atoms with Crippen molar-refractivity contribution >= 4 is 16.8 Å². The predicted octanol–water partition coefficient (Wildman–Crippen LogP) is 6.35. The molecule has 0 aliphatic rings. The molecule has 1 aromatic heterocycles. The molecule has 0 radical (unpaired) electrons. The predicted molar refractivity (Wildman–Crippen MR) is 140 cm³/mol. The van der Waals surface area contributed by atoms with E-state index in [1.54, 1.807) is 4.57 Å². The molecule has 0 aliphatic carbocycles. The summed E-state index contributed by atoms with van der Waals surface area (Å²) in [4.78, 5) is 34.1. The van der Waals surface area contributed by atoms with Gasteiger partial charge in [0.05, 0.1) is 23.5 Å². The van der Waals surface area contributed by atoms with Gasteiger partial charge in [0.25, 0.3) is 5.56 Å². The van der Waals surface area contributed by atoms with E-state index in [4.69, 9.17) is 4.98 Å². The maximum absolute atomic E-state index is 13.7. The summed E-state index contributed by atoms with van der Waals surface area (Å²) in [5, 5.41) is 0.610. The average Bonchev–Trinajstić information content (AvgIpc) is 2.84. The smallest absolute Gasteiger partial charge is 0.261 e. The summed E-state index contributed by atoms with van der Waals surface area (Å²) < 4.78 is 1.78. The molecule has 2 aromatic carbocycles. The fourth-order valence-corrected chi connectivity index (χ4v) is 4.54. The summed E-state index contributed by atoms with van der Waals surface area (Å²) in [6, 6.07) is 17.2. The minimum absolute atomic E-state index is 0.0530. The van der Waals surface area contributed by atoms with Crippen molar-refractivity contribution in [2.24, 2.45) is 5.92 Å². The molecular formula is C29H39N3O2. The van der Waals surface area contributed by atoms with Gasteiger partial charge in [0.2, 0.25) is 5.91 Å². The van der Waals surface area contributed by atoms with Gasteiger partial charge < -0.3 is 4.90 Å².